The van der Waals surface area contributed by atoms with Crippen molar-refractivity contribution in [2.24, 2.45) is 0 Å². The first kappa shape index (κ1) is 25.6. The van der Waals surface area contributed by atoms with Crippen molar-refractivity contribution in [3.05, 3.63) is 110 Å². The van der Waals surface area contributed by atoms with Crippen LogP contribution in [0.1, 0.15) is 71.6 Å². The van der Waals surface area contributed by atoms with E-state index in [-0.39, 0.29) is 17.6 Å². The molecule has 1 N–H and O–H groups in total. The van der Waals surface area contributed by atoms with Crippen molar-refractivity contribution in [3.63, 3.8) is 0 Å². The van der Waals surface area contributed by atoms with Crippen LogP contribution in [0.5, 0.6) is 0 Å². The molecular formula is C31H34N6OS. The smallest absolute Gasteiger partial charge is 0.253 e. The summed E-state index contributed by atoms with van der Waals surface area (Å²) in [7, 11) is 0. The number of H-pyrrole nitrogens is 1. The molecule has 200 valence electrons. The summed E-state index contributed by atoms with van der Waals surface area (Å²) in [6.45, 7) is 3.51. The van der Waals surface area contributed by atoms with Gasteiger partial charge in [-0.15, -0.1) is 16.4 Å². The van der Waals surface area contributed by atoms with E-state index in [9.17, 15) is 4.79 Å². The number of nitrogens with one attached hydrogen (secondary N) is 1. The molecule has 7 nitrogen and oxygen atoms in total. The predicted molar refractivity (Wildman–Crippen MR) is 156 cm³/mol. The molecule has 1 fully saturated rings. The highest BCUT2D eigenvalue weighted by Crippen LogP contribution is 2.34. The molecule has 1 aliphatic carbocycles. The maximum atomic E-state index is 13.8. The molecule has 8 heteroatoms. The highest BCUT2D eigenvalue weighted by Gasteiger charge is 2.33. The highest BCUT2D eigenvalue weighted by atomic mass is 32.1. The van der Waals surface area contributed by atoms with Gasteiger partial charge in [0.05, 0.1) is 6.04 Å². The Morgan fingerprint density at radius 2 is 1.90 bits per heavy atom. The molecule has 0 saturated heterocycles. The van der Waals surface area contributed by atoms with Crippen molar-refractivity contribution in [2.75, 3.05) is 6.54 Å². The number of nitrogens with zero attached hydrogens (tertiary/aromatic N) is 5. The minimum atomic E-state index is -0.387. The lowest BCUT2D eigenvalue weighted by Crippen LogP contribution is -2.36. The molecule has 0 spiro atoms. The van der Waals surface area contributed by atoms with Crippen LogP contribution in [0.25, 0.3) is 10.9 Å². The minimum absolute atomic E-state index is 0.0906. The van der Waals surface area contributed by atoms with Gasteiger partial charge in [0.15, 0.2) is 5.82 Å². The number of hydrogen-bond donors (Lipinski definition) is 1. The number of aromatic amines is 1. The van der Waals surface area contributed by atoms with E-state index in [0.29, 0.717) is 12.1 Å². The van der Waals surface area contributed by atoms with E-state index in [4.69, 9.17) is 0 Å². The van der Waals surface area contributed by atoms with Crippen molar-refractivity contribution in [2.45, 2.75) is 64.1 Å². The van der Waals surface area contributed by atoms with Gasteiger partial charge in [-0.25, -0.2) is 4.68 Å². The van der Waals surface area contributed by atoms with Crippen LogP contribution >= 0.6 is 11.3 Å². The molecule has 6 rings (SSSR count). The Morgan fingerprint density at radius 1 is 1.05 bits per heavy atom. The molecule has 3 heterocycles. The Balaban J connectivity index is 1.48. The quantitative estimate of drug-likeness (QED) is 0.241. The van der Waals surface area contributed by atoms with E-state index in [2.05, 4.69) is 79.3 Å². The highest BCUT2D eigenvalue weighted by molar-refractivity contribution is 7.09. The second kappa shape index (κ2) is 11.6. The normalized spacial score (nSPS) is 15.2. The number of hydrogen-bond acceptors (Lipinski definition) is 6. The van der Waals surface area contributed by atoms with Crippen molar-refractivity contribution < 1.29 is 0 Å². The van der Waals surface area contributed by atoms with Crippen LogP contribution in [0, 0.1) is 6.92 Å². The monoisotopic (exact) mass is 538 g/mol. The van der Waals surface area contributed by atoms with Crippen molar-refractivity contribution in [1.82, 2.24) is 30.1 Å². The van der Waals surface area contributed by atoms with Gasteiger partial charge in [0.25, 0.3) is 5.56 Å². The van der Waals surface area contributed by atoms with Crippen molar-refractivity contribution in [1.29, 1.82) is 0 Å². The summed E-state index contributed by atoms with van der Waals surface area (Å²) in [5.41, 5.74) is 3.83. The molecule has 5 aromatic rings. The fraction of sp³-hybridized carbons (Fsp3) is 0.355. The van der Waals surface area contributed by atoms with Crippen LogP contribution in [0.2, 0.25) is 0 Å². The first-order valence-corrected chi connectivity index (χ1v) is 14.8. The molecule has 0 radical (unpaired) electrons. The third-order valence-electron chi connectivity index (χ3n) is 7.84. The lowest BCUT2D eigenvalue weighted by atomic mass is 9.95. The van der Waals surface area contributed by atoms with Gasteiger partial charge in [-0.3, -0.25) is 9.69 Å². The number of rotatable bonds is 9. The molecule has 1 saturated carbocycles. The zero-order valence-corrected chi connectivity index (χ0v) is 23.1. The van der Waals surface area contributed by atoms with Gasteiger partial charge < -0.3 is 4.98 Å². The van der Waals surface area contributed by atoms with Crippen molar-refractivity contribution in [3.8, 4) is 0 Å². The number of aromatic nitrogens is 5. The second-order valence-electron chi connectivity index (χ2n) is 10.6. The van der Waals surface area contributed by atoms with E-state index in [1.54, 1.807) is 11.3 Å². The van der Waals surface area contributed by atoms with Gasteiger partial charge in [-0.05, 0) is 76.7 Å². The third kappa shape index (κ3) is 5.72. The zero-order valence-electron chi connectivity index (χ0n) is 22.3. The lowest BCUT2D eigenvalue weighted by molar-refractivity contribution is 0.198. The summed E-state index contributed by atoms with van der Waals surface area (Å²) in [4.78, 5) is 20.6. The summed E-state index contributed by atoms with van der Waals surface area (Å²) in [6, 6.07) is 22.9. The van der Waals surface area contributed by atoms with Gasteiger partial charge in [-0.1, -0.05) is 67.8 Å². The van der Waals surface area contributed by atoms with Crippen LogP contribution in [0.15, 0.2) is 76.9 Å². The lowest BCUT2D eigenvalue weighted by Gasteiger charge is -2.32. The van der Waals surface area contributed by atoms with Crippen molar-refractivity contribution >= 4 is 22.2 Å². The Kier molecular flexibility index (Phi) is 7.65. The van der Waals surface area contributed by atoms with E-state index < -0.39 is 0 Å². The molecular weight excluding hydrogens is 504 g/mol. The summed E-state index contributed by atoms with van der Waals surface area (Å²) in [5, 5.41) is 16.4. The summed E-state index contributed by atoms with van der Waals surface area (Å²) in [6.07, 6.45) is 6.59. The molecule has 2 aromatic carbocycles. The fourth-order valence-corrected chi connectivity index (χ4v) is 6.55. The van der Waals surface area contributed by atoms with Gasteiger partial charge >= 0.3 is 0 Å². The molecule has 0 bridgehead atoms. The Bertz CT molecular complexity index is 1570. The van der Waals surface area contributed by atoms with E-state index in [1.807, 2.05) is 29.8 Å². The molecule has 39 heavy (non-hydrogen) atoms. The molecule has 0 unspecified atom stereocenters. The zero-order chi connectivity index (χ0) is 26.6. The minimum Gasteiger partial charge on any atom is -0.322 e. The fourth-order valence-electron chi connectivity index (χ4n) is 5.82. The van der Waals surface area contributed by atoms with Gasteiger partial charge in [0.2, 0.25) is 0 Å². The van der Waals surface area contributed by atoms with Crippen LogP contribution < -0.4 is 5.56 Å². The maximum absolute atomic E-state index is 13.8. The number of fused-ring (bicyclic) bond motifs is 1. The standard InChI is InChI=1S/C31H34N6OS/c1-22-14-15-24-20-27(31(38)32-28(24)19-22)29(30-33-34-35-37(30)25-11-6-3-7-12-25)36(21-26-13-8-18-39-26)17-16-23-9-4-2-5-10-23/h2,4-5,8-10,13-15,18-20,25,29H,3,6-7,11-12,16-17,21H2,1H3,(H,32,38)/t29-/m1/s1. The second-order valence-corrected chi connectivity index (χ2v) is 11.6. The number of thiophene rings is 1. The SMILES string of the molecule is Cc1ccc2cc([C@H](c3nnnn3C3CCCCC3)N(CCc3ccccc3)Cc3cccs3)c(=O)[nH]c2c1. The summed E-state index contributed by atoms with van der Waals surface area (Å²) >= 11 is 1.74. The Labute approximate surface area is 232 Å². The topological polar surface area (TPSA) is 79.7 Å². The summed E-state index contributed by atoms with van der Waals surface area (Å²) < 4.78 is 2.02. The third-order valence-corrected chi connectivity index (χ3v) is 8.70. The first-order chi connectivity index (χ1) is 19.2. The van der Waals surface area contributed by atoms with Crippen LogP contribution in [-0.2, 0) is 13.0 Å². The number of benzene rings is 2. The molecule has 3 aromatic heterocycles. The summed E-state index contributed by atoms with van der Waals surface area (Å²) in [5.74, 6) is 0.753. The molecule has 1 atom stereocenters. The van der Waals surface area contributed by atoms with E-state index >= 15 is 0 Å². The first-order valence-electron chi connectivity index (χ1n) is 13.9. The largest absolute Gasteiger partial charge is 0.322 e. The van der Waals surface area contributed by atoms with Gasteiger partial charge in [0, 0.05) is 29.0 Å². The van der Waals surface area contributed by atoms with Gasteiger partial charge in [-0.2, -0.15) is 0 Å². The van der Waals surface area contributed by atoms with E-state index in [1.165, 1.54) is 29.7 Å². The van der Waals surface area contributed by atoms with Gasteiger partial charge in [0.1, 0.15) is 6.04 Å². The van der Waals surface area contributed by atoms with E-state index in [0.717, 1.165) is 48.1 Å². The average molecular weight is 539 g/mol. The van der Waals surface area contributed by atoms with Crippen LogP contribution in [0.3, 0.4) is 0 Å². The molecule has 0 aliphatic heterocycles. The van der Waals surface area contributed by atoms with Crippen LogP contribution in [-0.4, -0.2) is 36.6 Å². The van der Waals surface area contributed by atoms with Crippen LogP contribution in [0.4, 0.5) is 0 Å². The number of aryl methyl sites for hydroxylation is 1. The number of pyridine rings is 1. The number of tetrazole rings is 1. The molecule has 1 aliphatic rings. The molecule has 0 amide bonds. The average Bonchev–Trinajstić information content (AvgIpc) is 3.66. The predicted octanol–water partition coefficient (Wildman–Crippen LogP) is 6.22. The Morgan fingerprint density at radius 3 is 2.69 bits per heavy atom. The maximum Gasteiger partial charge on any atom is 0.253 e. The Hall–Kier alpha value is -3.62.